The van der Waals surface area contributed by atoms with Crippen LogP contribution in [-0.4, -0.2) is 37.4 Å². The van der Waals surface area contributed by atoms with Crippen molar-refractivity contribution < 1.29 is 13.2 Å². The van der Waals surface area contributed by atoms with Crippen molar-refractivity contribution in [2.24, 2.45) is 0 Å². The largest absolute Gasteiger partial charge is 0.295 e. The zero-order valence-electron chi connectivity index (χ0n) is 11.3. The number of anilines is 1. The minimum atomic E-state index is -3.24. The third-order valence-corrected chi connectivity index (χ3v) is 4.89. The highest BCUT2D eigenvalue weighted by Crippen LogP contribution is 2.21. The molecule has 0 aliphatic carbocycles. The number of sulfone groups is 1. The predicted octanol–water partition coefficient (Wildman–Crippen LogP) is 1.51. The van der Waals surface area contributed by atoms with Crippen molar-refractivity contribution >= 4 is 21.6 Å². The highest BCUT2D eigenvalue weighted by molar-refractivity contribution is 7.92. The Balaban J connectivity index is 1.84. The van der Waals surface area contributed by atoms with Gasteiger partial charge in [0.2, 0.25) is 5.91 Å². The minimum Gasteiger partial charge on any atom is -0.295 e. The van der Waals surface area contributed by atoms with Crippen molar-refractivity contribution in [1.29, 1.82) is 0 Å². The number of benzene rings is 1. The first-order valence-corrected chi connectivity index (χ1v) is 8.40. The maximum Gasteiger partial charge on any atom is 0.243 e. The van der Waals surface area contributed by atoms with Crippen molar-refractivity contribution in [2.45, 2.75) is 0 Å². The molecule has 0 saturated carbocycles. The monoisotopic (exact) mass is 302 g/mol. The lowest BCUT2D eigenvalue weighted by Crippen LogP contribution is -2.45. The maximum absolute atomic E-state index is 11.9. The molecule has 1 saturated heterocycles. The SMILES string of the molecule is O=C1CS(=O)(=O)CCN1c1ccc(-c2ccccc2)cn1. The molecule has 5 nitrogen and oxygen atoms in total. The van der Waals surface area contributed by atoms with Gasteiger partial charge >= 0.3 is 0 Å². The van der Waals surface area contributed by atoms with Crippen LogP contribution in [0.25, 0.3) is 11.1 Å². The minimum absolute atomic E-state index is 0.0130. The van der Waals surface area contributed by atoms with Gasteiger partial charge in [-0.1, -0.05) is 30.3 Å². The molecule has 1 aliphatic rings. The van der Waals surface area contributed by atoms with Crippen molar-refractivity contribution in [2.75, 3.05) is 23.0 Å². The fourth-order valence-corrected chi connectivity index (χ4v) is 3.42. The molecular weight excluding hydrogens is 288 g/mol. The van der Waals surface area contributed by atoms with Gasteiger partial charge in [0.1, 0.15) is 11.6 Å². The lowest BCUT2D eigenvalue weighted by atomic mass is 10.1. The molecule has 1 amide bonds. The van der Waals surface area contributed by atoms with Crippen LogP contribution in [0.3, 0.4) is 0 Å². The fraction of sp³-hybridized carbons (Fsp3) is 0.200. The molecule has 1 aromatic heterocycles. The molecule has 0 bridgehead atoms. The Hall–Kier alpha value is -2.21. The zero-order valence-corrected chi connectivity index (χ0v) is 12.1. The topological polar surface area (TPSA) is 67.3 Å². The van der Waals surface area contributed by atoms with E-state index in [0.29, 0.717) is 5.82 Å². The lowest BCUT2D eigenvalue weighted by molar-refractivity contribution is -0.116. The highest BCUT2D eigenvalue weighted by atomic mass is 32.2. The third kappa shape index (κ3) is 2.95. The van der Waals surface area contributed by atoms with Crippen LogP contribution in [0.4, 0.5) is 5.82 Å². The number of aromatic nitrogens is 1. The summed E-state index contributed by atoms with van der Waals surface area (Å²) in [4.78, 5) is 17.6. The summed E-state index contributed by atoms with van der Waals surface area (Å²) in [6, 6.07) is 13.4. The van der Waals surface area contributed by atoms with Crippen LogP contribution in [-0.2, 0) is 14.6 Å². The van der Waals surface area contributed by atoms with Crippen LogP contribution >= 0.6 is 0 Å². The standard InChI is InChI=1S/C15H14N2O3S/c18-15-11-21(19,20)9-8-17(15)14-7-6-13(10-16-14)12-4-2-1-3-5-12/h1-7,10H,8-9,11H2. The summed E-state index contributed by atoms with van der Waals surface area (Å²) in [6.07, 6.45) is 1.70. The van der Waals surface area contributed by atoms with E-state index in [-0.39, 0.29) is 12.3 Å². The number of carbonyl (C=O) groups is 1. The van der Waals surface area contributed by atoms with Gasteiger partial charge < -0.3 is 0 Å². The molecule has 1 aromatic carbocycles. The summed E-state index contributed by atoms with van der Waals surface area (Å²) in [5, 5.41) is 0. The molecule has 6 heteroatoms. The number of nitrogens with zero attached hydrogens (tertiary/aromatic N) is 2. The molecule has 3 rings (SSSR count). The molecule has 2 heterocycles. The van der Waals surface area contributed by atoms with Gasteiger partial charge in [-0.15, -0.1) is 0 Å². The Labute approximate surface area is 123 Å². The van der Waals surface area contributed by atoms with E-state index in [1.165, 1.54) is 4.90 Å². The normalized spacial score (nSPS) is 17.7. The van der Waals surface area contributed by atoms with Crippen LogP contribution < -0.4 is 4.90 Å². The molecule has 1 fully saturated rings. The molecule has 0 N–H and O–H groups in total. The molecule has 21 heavy (non-hydrogen) atoms. The second kappa shape index (κ2) is 5.29. The van der Waals surface area contributed by atoms with Crippen LogP contribution in [0.15, 0.2) is 48.7 Å². The van der Waals surface area contributed by atoms with Gasteiger partial charge in [-0.2, -0.15) is 0 Å². The first-order valence-electron chi connectivity index (χ1n) is 6.57. The summed E-state index contributed by atoms with van der Waals surface area (Å²) < 4.78 is 22.8. The lowest BCUT2D eigenvalue weighted by Gasteiger charge is -2.25. The van der Waals surface area contributed by atoms with Gasteiger partial charge in [0.15, 0.2) is 9.84 Å². The van der Waals surface area contributed by atoms with E-state index in [4.69, 9.17) is 0 Å². The molecular formula is C15H14N2O3S. The van der Waals surface area contributed by atoms with E-state index in [9.17, 15) is 13.2 Å². The molecule has 0 atom stereocenters. The average Bonchev–Trinajstić information content (AvgIpc) is 2.48. The Bertz CT molecular complexity index is 755. The van der Waals surface area contributed by atoms with Crippen LogP contribution in [0.1, 0.15) is 0 Å². The second-order valence-electron chi connectivity index (χ2n) is 4.91. The van der Waals surface area contributed by atoms with Crippen LogP contribution in [0.5, 0.6) is 0 Å². The van der Waals surface area contributed by atoms with Crippen LogP contribution in [0.2, 0.25) is 0 Å². The second-order valence-corrected chi connectivity index (χ2v) is 7.09. The smallest absolute Gasteiger partial charge is 0.243 e. The number of amides is 1. The first-order chi connectivity index (χ1) is 10.1. The van der Waals surface area contributed by atoms with E-state index < -0.39 is 21.5 Å². The van der Waals surface area contributed by atoms with E-state index in [2.05, 4.69) is 4.98 Å². The Morgan fingerprint density at radius 1 is 1.00 bits per heavy atom. The summed E-state index contributed by atoms with van der Waals surface area (Å²) >= 11 is 0. The molecule has 0 unspecified atom stereocenters. The summed E-state index contributed by atoms with van der Waals surface area (Å²) in [6.45, 7) is 0.166. The van der Waals surface area contributed by atoms with Crippen LogP contribution in [0, 0.1) is 0 Å². The number of hydrogen-bond donors (Lipinski definition) is 0. The fourth-order valence-electron chi connectivity index (χ4n) is 2.28. The van der Waals surface area contributed by atoms with E-state index in [0.717, 1.165) is 11.1 Å². The average molecular weight is 302 g/mol. The molecule has 0 radical (unpaired) electrons. The predicted molar refractivity (Wildman–Crippen MR) is 80.7 cm³/mol. The number of pyridine rings is 1. The van der Waals surface area contributed by atoms with Gasteiger partial charge in [0.25, 0.3) is 0 Å². The van der Waals surface area contributed by atoms with E-state index >= 15 is 0 Å². The van der Waals surface area contributed by atoms with Gasteiger partial charge in [-0.25, -0.2) is 13.4 Å². The molecule has 2 aromatic rings. The Morgan fingerprint density at radius 2 is 1.76 bits per heavy atom. The van der Waals surface area contributed by atoms with Gasteiger partial charge in [-0.3, -0.25) is 9.69 Å². The van der Waals surface area contributed by atoms with E-state index in [1.807, 2.05) is 36.4 Å². The number of rotatable bonds is 2. The highest BCUT2D eigenvalue weighted by Gasteiger charge is 2.30. The summed E-state index contributed by atoms with van der Waals surface area (Å²) in [5.41, 5.74) is 2.00. The number of carbonyl (C=O) groups excluding carboxylic acids is 1. The van der Waals surface area contributed by atoms with Gasteiger partial charge in [0.05, 0.1) is 5.75 Å². The molecule has 1 aliphatic heterocycles. The number of hydrogen-bond acceptors (Lipinski definition) is 4. The third-order valence-electron chi connectivity index (χ3n) is 3.40. The van der Waals surface area contributed by atoms with Gasteiger partial charge in [-0.05, 0) is 17.7 Å². The summed E-state index contributed by atoms with van der Waals surface area (Å²) in [7, 11) is -3.24. The molecule has 0 spiro atoms. The molecule has 108 valence electrons. The van der Waals surface area contributed by atoms with Crippen molar-refractivity contribution in [3.63, 3.8) is 0 Å². The maximum atomic E-state index is 11.9. The zero-order chi connectivity index (χ0) is 14.9. The first kappa shape index (κ1) is 13.8. The summed E-state index contributed by atoms with van der Waals surface area (Å²) in [5.74, 6) is -0.369. The van der Waals surface area contributed by atoms with Crippen molar-refractivity contribution in [3.05, 3.63) is 48.7 Å². The van der Waals surface area contributed by atoms with E-state index in [1.54, 1.807) is 12.3 Å². The Morgan fingerprint density at radius 3 is 2.38 bits per heavy atom. The Kier molecular flexibility index (Phi) is 3.47. The van der Waals surface area contributed by atoms with Crippen molar-refractivity contribution in [1.82, 2.24) is 4.98 Å². The van der Waals surface area contributed by atoms with Crippen molar-refractivity contribution in [3.8, 4) is 11.1 Å². The quantitative estimate of drug-likeness (QED) is 0.843. The van der Waals surface area contributed by atoms with Gasteiger partial charge in [0, 0.05) is 18.3 Å².